The summed E-state index contributed by atoms with van der Waals surface area (Å²) in [7, 11) is 1.37. The van der Waals surface area contributed by atoms with E-state index in [9.17, 15) is 13.6 Å². The molecule has 2 nitrogen and oxygen atoms in total. The zero-order chi connectivity index (χ0) is 12.3. The molecule has 0 atom stereocenters. The van der Waals surface area contributed by atoms with Crippen LogP contribution in [0, 0.1) is 6.92 Å². The van der Waals surface area contributed by atoms with Gasteiger partial charge in [0.2, 0.25) is 0 Å². The summed E-state index contributed by atoms with van der Waals surface area (Å²) in [5.41, 5.74) is 1.20. The van der Waals surface area contributed by atoms with Gasteiger partial charge in [-0.05, 0) is 24.6 Å². The van der Waals surface area contributed by atoms with Crippen molar-refractivity contribution in [3.63, 3.8) is 0 Å². The molecule has 0 radical (unpaired) electrons. The SMILES string of the molecule is Cc1c(Br)cccc1C(=O)N(C)CC(F)F. The first kappa shape index (κ1) is 13.1. The Bertz CT molecular complexity index is 396. The van der Waals surface area contributed by atoms with E-state index in [1.165, 1.54) is 7.05 Å². The highest BCUT2D eigenvalue weighted by molar-refractivity contribution is 9.10. The van der Waals surface area contributed by atoms with Gasteiger partial charge in [0, 0.05) is 17.1 Å². The summed E-state index contributed by atoms with van der Waals surface area (Å²) < 4.78 is 25.1. The summed E-state index contributed by atoms with van der Waals surface area (Å²) >= 11 is 3.30. The van der Waals surface area contributed by atoms with Crippen LogP contribution in [0.4, 0.5) is 8.78 Å². The standard InChI is InChI=1S/C11H12BrF2NO/c1-7-8(4-3-5-9(7)12)11(16)15(2)6-10(13)14/h3-5,10H,6H2,1-2H3. The van der Waals surface area contributed by atoms with E-state index in [0.717, 1.165) is 14.9 Å². The van der Waals surface area contributed by atoms with Crippen molar-refractivity contribution in [1.29, 1.82) is 0 Å². The van der Waals surface area contributed by atoms with Crippen LogP contribution >= 0.6 is 15.9 Å². The monoisotopic (exact) mass is 291 g/mol. The number of carbonyl (C=O) groups excluding carboxylic acids is 1. The third-order valence-electron chi connectivity index (χ3n) is 2.26. The first-order valence-corrected chi connectivity index (χ1v) is 5.51. The number of amides is 1. The summed E-state index contributed by atoms with van der Waals surface area (Å²) in [4.78, 5) is 12.9. The predicted molar refractivity (Wildman–Crippen MR) is 61.8 cm³/mol. The van der Waals surface area contributed by atoms with Crippen molar-refractivity contribution < 1.29 is 13.6 Å². The first-order valence-electron chi connectivity index (χ1n) is 4.72. The van der Waals surface area contributed by atoms with Crippen molar-refractivity contribution in [3.05, 3.63) is 33.8 Å². The zero-order valence-corrected chi connectivity index (χ0v) is 10.6. The second kappa shape index (κ2) is 5.39. The third-order valence-corrected chi connectivity index (χ3v) is 3.12. The molecule has 1 aromatic rings. The average molecular weight is 292 g/mol. The van der Waals surface area contributed by atoms with Gasteiger partial charge in [0.1, 0.15) is 0 Å². The lowest BCUT2D eigenvalue weighted by Crippen LogP contribution is -2.31. The largest absolute Gasteiger partial charge is 0.336 e. The van der Waals surface area contributed by atoms with Gasteiger partial charge in [0.15, 0.2) is 0 Å². The van der Waals surface area contributed by atoms with Crippen molar-refractivity contribution in [2.45, 2.75) is 13.3 Å². The van der Waals surface area contributed by atoms with Crippen molar-refractivity contribution in [2.75, 3.05) is 13.6 Å². The maximum atomic E-state index is 12.1. The molecule has 0 spiro atoms. The van der Waals surface area contributed by atoms with Gasteiger partial charge in [0.25, 0.3) is 12.3 Å². The minimum atomic E-state index is -2.51. The van der Waals surface area contributed by atoms with E-state index < -0.39 is 13.0 Å². The minimum absolute atomic E-state index is 0.390. The van der Waals surface area contributed by atoms with Crippen molar-refractivity contribution in [3.8, 4) is 0 Å². The molecule has 0 aromatic heterocycles. The van der Waals surface area contributed by atoms with E-state index >= 15 is 0 Å². The Morgan fingerprint density at radius 1 is 1.50 bits per heavy atom. The summed E-state index contributed by atoms with van der Waals surface area (Å²) in [6, 6.07) is 5.14. The van der Waals surface area contributed by atoms with Crippen molar-refractivity contribution in [2.24, 2.45) is 0 Å². The van der Waals surface area contributed by atoms with E-state index in [0.29, 0.717) is 5.56 Å². The van der Waals surface area contributed by atoms with Gasteiger partial charge >= 0.3 is 0 Å². The Kier molecular flexibility index (Phi) is 4.41. The molecule has 16 heavy (non-hydrogen) atoms. The van der Waals surface area contributed by atoms with E-state index in [-0.39, 0.29) is 5.91 Å². The summed E-state index contributed by atoms with van der Waals surface area (Å²) in [6.45, 7) is 1.22. The second-order valence-electron chi connectivity index (χ2n) is 3.49. The van der Waals surface area contributed by atoms with Gasteiger partial charge in [-0.1, -0.05) is 22.0 Å². The fourth-order valence-electron chi connectivity index (χ4n) is 1.33. The van der Waals surface area contributed by atoms with Crippen molar-refractivity contribution in [1.82, 2.24) is 4.90 Å². The summed E-state index contributed by atoms with van der Waals surface area (Å²) in [5.74, 6) is -0.390. The Hall–Kier alpha value is -0.970. The lowest BCUT2D eigenvalue weighted by atomic mass is 10.1. The topological polar surface area (TPSA) is 20.3 Å². The van der Waals surface area contributed by atoms with Crippen LogP contribution in [0.5, 0.6) is 0 Å². The van der Waals surface area contributed by atoms with Gasteiger partial charge < -0.3 is 4.90 Å². The van der Waals surface area contributed by atoms with E-state index in [4.69, 9.17) is 0 Å². The van der Waals surface area contributed by atoms with Crippen LogP contribution in [0.2, 0.25) is 0 Å². The molecule has 0 bridgehead atoms. The Morgan fingerprint density at radius 2 is 2.12 bits per heavy atom. The smallest absolute Gasteiger partial charge is 0.255 e. The van der Waals surface area contributed by atoms with Gasteiger partial charge in [-0.2, -0.15) is 0 Å². The fraction of sp³-hybridized carbons (Fsp3) is 0.364. The quantitative estimate of drug-likeness (QED) is 0.838. The molecule has 0 N–H and O–H groups in total. The number of rotatable bonds is 3. The number of alkyl halides is 2. The number of halogens is 3. The molecule has 0 aliphatic heterocycles. The van der Waals surface area contributed by atoms with Crippen LogP contribution in [0.3, 0.4) is 0 Å². The Morgan fingerprint density at radius 3 is 2.69 bits per heavy atom. The van der Waals surface area contributed by atoms with Gasteiger partial charge in [-0.15, -0.1) is 0 Å². The van der Waals surface area contributed by atoms with Crippen LogP contribution in [0.1, 0.15) is 15.9 Å². The predicted octanol–water partition coefficient (Wildman–Crippen LogP) is 3.09. The molecular weight excluding hydrogens is 280 g/mol. The molecule has 88 valence electrons. The number of carbonyl (C=O) groups is 1. The molecule has 0 heterocycles. The van der Waals surface area contributed by atoms with E-state index in [2.05, 4.69) is 15.9 Å². The van der Waals surface area contributed by atoms with Crippen LogP contribution in [0.25, 0.3) is 0 Å². The number of nitrogens with zero attached hydrogens (tertiary/aromatic N) is 1. The molecule has 0 saturated carbocycles. The molecule has 0 aliphatic carbocycles. The number of hydrogen-bond acceptors (Lipinski definition) is 1. The molecule has 0 aliphatic rings. The number of hydrogen-bond donors (Lipinski definition) is 0. The van der Waals surface area contributed by atoms with E-state index in [1.54, 1.807) is 25.1 Å². The van der Waals surface area contributed by atoms with Crippen molar-refractivity contribution >= 4 is 21.8 Å². The molecule has 0 unspecified atom stereocenters. The normalized spacial score (nSPS) is 10.6. The number of benzene rings is 1. The lowest BCUT2D eigenvalue weighted by Gasteiger charge is -2.18. The molecule has 1 amide bonds. The van der Waals surface area contributed by atoms with Gasteiger partial charge in [-0.3, -0.25) is 4.79 Å². The van der Waals surface area contributed by atoms with Crippen LogP contribution in [0.15, 0.2) is 22.7 Å². The highest BCUT2D eigenvalue weighted by atomic mass is 79.9. The summed E-state index contributed by atoms with van der Waals surface area (Å²) in [6.07, 6.45) is -2.51. The third kappa shape index (κ3) is 3.01. The Balaban J connectivity index is 2.92. The molecule has 5 heteroatoms. The second-order valence-corrected chi connectivity index (χ2v) is 4.34. The lowest BCUT2D eigenvalue weighted by molar-refractivity contribution is 0.0619. The average Bonchev–Trinajstić information content (AvgIpc) is 2.20. The van der Waals surface area contributed by atoms with Crippen LogP contribution in [-0.2, 0) is 0 Å². The van der Waals surface area contributed by atoms with Crippen LogP contribution < -0.4 is 0 Å². The maximum absolute atomic E-state index is 12.1. The maximum Gasteiger partial charge on any atom is 0.255 e. The van der Waals surface area contributed by atoms with Crippen LogP contribution in [-0.4, -0.2) is 30.8 Å². The molecular formula is C11H12BrF2NO. The van der Waals surface area contributed by atoms with Gasteiger partial charge in [-0.25, -0.2) is 8.78 Å². The van der Waals surface area contributed by atoms with Gasteiger partial charge in [0.05, 0.1) is 6.54 Å². The fourth-order valence-corrected chi connectivity index (χ4v) is 1.70. The summed E-state index contributed by atoms with van der Waals surface area (Å²) in [5, 5.41) is 0. The molecule has 1 rings (SSSR count). The zero-order valence-electron chi connectivity index (χ0n) is 9.01. The molecule has 0 saturated heterocycles. The first-order chi connectivity index (χ1) is 7.43. The minimum Gasteiger partial charge on any atom is -0.336 e. The Labute approximate surface area is 101 Å². The highest BCUT2D eigenvalue weighted by Gasteiger charge is 2.17. The highest BCUT2D eigenvalue weighted by Crippen LogP contribution is 2.20. The van der Waals surface area contributed by atoms with E-state index in [1.807, 2.05) is 0 Å². The molecule has 1 aromatic carbocycles. The molecule has 0 fully saturated rings.